The molecule has 0 saturated heterocycles. The largest absolute Gasteiger partial charge is 0.493 e. The van der Waals surface area contributed by atoms with Crippen LogP contribution >= 0.6 is 0 Å². The summed E-state index contributed by atoms with van der Waals surface area (Å²) in [6.45, 7) is 3.52. The molecule has 1 unspecified atom stereocenters. The molecule has 3 heteroatoms. The molecule has 2 rings (SSSR count). The number of nitrogens with one attached hydrogen (secondary N) is 1. The van der Waals surface area contributed by atoms with E-state index in [1.165, 1.54) is 0 Å². The summed E-state index contributed by atoms with van der Waals surface area (Å²) in [6.07, 6.45) is 2.91. The van der Waals surface area contributed by atoms with Gasteiger partial charge in [0, 0.05) is 12.1 Å². The monoisotopic (exact) mass is 233 g/mol. The van der Waals surface area contributed by atoms with Gasteiger partial charge in [-0.1, -0.05) is 31.5 Å². The third-order valence-corrected chi connectivity index (χ3v) is 3.10. The zero-order valence-corrected chi connectivity index (χ0v) is 10.2. The molecule has 0 aromatic heterocycles. The van der Waals surface area contributed by atoms with Gasteiger partial charge in [-0.25, -0.2) is 0 Å². The van der Waals surface area contributed by atoms with Gasteiger partial charge in [-0.2, -0.15) is 0 Å². The number of amides is 1. The summed E-state index contributed by atoms with van der Waals surface area (Å²) in [5.41, 5.74) is 1.02. The Kier molecular flexibility index (Phi) is 4.02. The minimum absolute atomic E-state index is 0.0446. The molecule has 1 aromatic carbocycles. The van der Waals surface area contributed by atoms with E-state index in [9.17, 15) is 4.79 Å². The number of ether oxygens (including phenoxy) is 1. The molecule has 1 heterocycles. The Hall–Kier alpha value is -1.51. The van der Waals surface area contributed by atoms with Crippen LogP contribution in [-0.2, 0) is 4.79 Å². The number of hydrogen-bond donors (Lipinski definition) is 1. The molecule has 1 aliphatic rings. The zero-order valence-electron chi connectivity index (χ0n) is 10.2. The number of benzene rings is 1. The lowest BCUT2D eigenvalue weighted by Gasteiger charge is -2.25. The lowest BCUT2D eigenvalue weighted by atomic mass is 9.92. The molecule has 1 atom stereocenters. The van der Waals surface area contributed by atoms with Crippen molar-refractivity contribution in [2.24, 2.45) is 0 Å². The van der Waals surface area contributed by atoms with Gasteiger partial charge in [0.05, 0.1) is 12.5 Å². The second-order valence-corrected chi connectivity index (χ2v) is 4.37. The molecule has 0 radical (unpaired) electrons. The Morgan fingerprint density at radius 2 is 2.29 bits per heavy atom. The lowest BCUT2D eigenvalue weighted by molar-refractivity contribution is -0.123. The predicted molar refractivity (Wildman–Crippen MR) is 67.2 cm³/mol. The van der Waals surface area contributed by atoms with Gasteiger partial charge in [-0.15, -0.1) is 0 Å². The van der Waals surface area contributed by atoms with Crippen LogP contribution in [0.2, 0.25) is 0 Å². The summed E-state index contributed by atoms with van der Waals surface area (Å²) < 4.78 is 5.55. The first kappa shape index (κ1) is 12.0. The molecule has 0 fully saturated rings. The molecule has 1 aromatic rings. The standard InChI is InChI=1S/C14H19NO2/c1-2-3-9-15-14(16)12-8-10-17-13-7-5-4-6-11(12)13/h4-7,12H,2-3,8-10H2,1H3,(H,15,16). The van der Waals surface area contributed by atoms with Crippen LogP contribution in [0, 0.1) is 0 Å². The molecule has 0 bridgehead atoms. The molecule has 3 nitrogen and oxygen atoms in total. The minimum Gasteiger partial charge on any atom is -0.493 e. The summed E-state index contributed by atoms with van der Waals surface area (Å²) in [5, 5.41) is 3.00. The van der Waals surface area contributed by atoms with Crippen molar-refractivity contribution in [3.8, 4) is 5.75 Å². The first-order chi connectivity index (χ1) is 8.33. The van der Waals surface area contributed by atoms with E-state index in [2.05, 4.69) is 12.2 Å². The highest BCUT2D eigenvalue weighted by Gasteiger charge is 2.26. The Morgan fingerprint density at radius 1 is 1.47 bits per heavy atom. The molecule has 17 heavy (non-hydrogen) atoms. The van der Waals surface area contributed by atoms with E-state index >= 15 is 0 Å². The molecule has 0 aliphatic carbocycles. The Labute approximate surface area is 102 Å². The normalized spacial score (nSPS) is 18.1. The van der Waals surface area contributed by atoms with Gasteiger partial charge in [0.15, 0.2) is 0 Å². The third kappa shape index (κ3) is 2.78. The van der Waals surface area contributed by atoms with Crippen LogP contribution in [0.3, 0.4) is 0 Å². The maximum atomic E-state index is 12.1. The van der Waals surface area contributed by atoms with Crippen molar-refractivity contribution in [2.45, 2.75) is 32.1 Å². The van der Waals surface area contributed by atoms with Crippen molar-refractivity contribution in [3.05, 3.63) is 29.8 Å². The van der Waals surface area contributed by atoms with Crippen LogP contribution in [0.15, 0.2) is 24.3 Å². The van der Waals surface area contributed by atoms with Gasteiger partial charge in [-0.05, 0) is 18.9 Å². The molecular weight excluding hydrogens is 214 g/mol. The smallest absolute Gasteiger partial charge is 0.227 e. The van der Waals surface area contributed by atoms with Crippen molar-refractivity contribution in [1.29, 1.82) is 0 Å². The number of carbonyl (C=O) groups excluding carboxylic acids is 1. The van der Waals surface area contributed by atoms with Crippen molar-refractivity contribution >= 4 is 5.91 Å². The summed E-state index contributed by atoms with van der Waals surface area (Å²) in [4.78, 5) is 12.1. The van der Waals surface area contributed by atoms with E-state index in [4.69, 9.17) is 4.74 Å². The fraction of sp³-hybridized carbons (Fsp3) is 0.500. The highest BCUT2D eigenvalue weighted by atomic mass is 16.5. The first-order valence-corrected chi connectivity index (χ1v) is 6.32. The SMILES string of the molecule is CCCCNC(=O)C1CCOc2ccccc21. The molecule has 1 N–H and O–H groups in total. The summed E-state index contributed by atoms with van der Waals surface area (Å²) >= 11 is 0. The van der Waals surface area contributed by atoms with Gasteiger partial charge >= 0.3 is 0 Å². The fourth-order valence-electron chi connectivity index (χ4n) is 2.13. The highest BCUT2D eigenvalue weighted by Crippen LogP contribution is 2.33. The Balaban J connectivity index is 2.05. The molecule has 0 saturated carbocycles. The van der Waals surface area contributed by atoms with Gasteiger partial charge in [0.1, 0.15) is 5.75 Å². The van der Waals surface area contributed by atoms with Crippen molar-refractivity contribution in [3.63, 3.8) is 0 Å². The number of hydrogen-bond acceptors (Lipinski definition) is 2. The molecule has 92 valence electrons. The number of para-hydroxylation sites is 1. The van der Waals surface area contributed by atoms with Crippen LogP contribution in [0.1, 0.15) is 37.7 Å². The second-order valence-electron chi connectivity index (χ2n) is 4.37. The maximum Gasteiger partial charge on any atom is 0.227 e. The van der Waals surface area contributed by atoms with Crippen molar-refractivity contribution < 1.29 is 9.53 Å². The van der Waals surface area contributed by atoms with Crippen LogP contribution in [0.4, 0.5) is 0 Å². The van der Waals surface area contributed by atoms with Gasteiger partial charge in [0.25, 0.3) is 0 Å². The fourth-order valence-corrected chi connectivity index (χ4v) is 2.13. The van der Waals surface area contributed by atoms with E-state index in [1.54, 1.807) is 0 Å². The van der Waals surface area contributed by atoms with E-state index in [-0.39, 0.29) is 11.8 Å². The summed E-state index contributed by atoms with van der Waals surface area (Å²) in [5.74, 6) is 0.945. The van der Waals surface area contributed by atoms with Crippen molar-refractivity contribution in [2.75, 3.05) is 13.2 Å². The molecule has 1 amide bonds. The minimum atomic E-state index is -0.0446. The highest BCUT2D eigenvalue weighted by molar-refractivity contribution is 5.84. The van der Waals surface area contributed by atoms with Gasteiger partial charge in [-0.3, -0.25) is 4.79 Å². The maximum absolute atomic E-state index is 12.1. The number of fused-ring (bicyclic) bond motifs is 1. The Morgan fingerprint density at radius 3 is 3.12 bits per heavy atom. The lowest BCUT2D eigenvalue weighted by Crippen LogP contribution is -2.32. The zero-order chi connectivity index (χ0) is 12.1. The predicted octanol–water partition coefficient (Wildman–Crippen LogP) is 2.47. The molecule has 1 aliphatic heterocycles. The van der Waals surface area contributed by atoms with E-state index in [1.807, 2.05) is 24.3 Å². The van der Waals surface area contributed by atoms with Crippen molar-refractivity contribution in [1.82, 2.24) is 5.32 Å². The van der Waals surface area contributed by atoms with Gasteiger partial charge in [0.2, 0.25) is 5.91 Å². The van der Waals surface area contributed by atoms with E-state index in [0.717, 1.165) is 37.1 Å². The number of unbranched alkanes of at least 4 members (excludes halogenated alkanes) is 1. The first-order valence-electron chi connectivity index (χ1n) is 6.32. The topological polar surface area (TPSA) is 38.3 Å². The molecule has 0 spiro atoms. The third-order valence-electron chi connectivity index (χ3n) is 3.10. The second kappa shape index (κ2) is 5.71. The number of carbonyl (C=O) groups is 1. The number of rotatable bonds is 4. The molecular formula is C14H19NO2. The van der Waals surface area contributed by atoms with E-state index in [0.29, 0.717) is 6.61 Å². The Bertz CT molecular complexity index is 390. The van der Waals surface area contributed by atoms with Crippen LogP contribution in [0.5, 0.6) is 5.75 Å². The van der Waals surface area contributed by atoms with Crippen LogP contribution in [0.25, 0.3) is 0 Å². The summed E-state index contributed by atoms with van der Waals surface area (Å²) in [7, 11) is 0. The average Bonchev–Trinajstić information content (AvgIpc) is 2.38. The van der Waals surface area contributed by atoms with Crippen LogP contribution in [-0.4, -0.2) is 19.1 Å². The quantitative estimate of drug-likeness (QED) is 0.811. The van der Waals surface area contributed by atoms with Crippen LogP contribution < -0.4 is 10.1 Å². The van der Waals surface area contributed by atoms with Gasteiger partial charge < -0.3 is 10.1 Å². The summed E-state index contributed by atoms with van der Waals surface area (Å²) in [6, 6.07) is 7.81. The average molecular weight is 233 g/mol. The van der Waals surface area contributed by atoms with E-state index < -0.39 is 0 Å².